The molecule has 3 aromatic carbocycles. The summed E-state index contributed by atoms with van der Waals surface area (Å²) < 4.78 is 0. The Bertz CT molecular complexity index is 924. The topological polar surface area (TPSA) is 0 Å². The van der Waals surface area contributed by atoms with Gasteiger partial charge in [0.15, 0.2) is 0 Å². The highest BCUT2D eigenvalue weighted by atomic mass is 14.3. The molecule has 0 heteroatoms. The van der Waals surface area contributed by atoms with Crippen molar-refractivity contribution in [3.05, 3.63) is 82.9 Å². The van der Waals surface area contributed by atoms with Gasteiger partial charge in [-0.2, -0.15) is 0 Å². The summed E-state index contributed by atoms with van der Waals surface area (Å²) in [5.41, 5.74) is 11.6. The predicted molar refractivity (Wildman–Crippen MR) is 108 cm³/mol. The van der Waals surface area contributed by atoms with E-state index in [1.165, 1.54) is 44.5 Å². The lowest BCUT2D eigenvalue weighted by Gasteiger charge is -2.20. The van der Waals surface area contributed by atoms with Crippen LogP contribution >= 0.6 is 0 Å². The van der Waals surface area contributed by atoms with Crippen molar-refractivity contribution in [2.24, 2.45) is 0 Å². The Morgan fingerprint density at radius 1 is 0.800 bits per heavy atom. The molecule has 0 nitrogen and oxygen atoms in total. The Hall–Kier alpha value is -2.34. The van der Waals surface area contributed by atoms with Crippen LogP contribution in [0.25, 0.3) is 22.3 Å². The number of hydrogen-bond donors (Lipinski definition) is 0. The number of aryl methyl sites for hydroxylation is 1. The van der Waals surface area contributed by atoms with Crippen LogP contribution < -0.4 is 0 Å². The lowest BCUT2D eigenvalue weighted by molar-refractivity contribution is 0.590. The van der Waals surface area contributed by atoms with Gasteiger partial charge < -0.3 is 0 Å². The predicted octanol–water partition coefficient (Wildman–Crippen LogP) is 6.78. The van der Waals surface area contributed by atoms with Crippen LogP contribution in [0, 0.1) is 0 Å². The number of rotatable bonds is 2. The minimum Gasteiger partial charge on any atom is -0.0622 e. The molecule has 3 aromatic rings. The van der Waals surface area contributed by atoms with Crippen molar-refractivity contribution in [2.45, 2.75) is 46.0 Å². The van der Waals surface area contributed by atoms with Gasteiger partial charge in [0.1, 0.15) is 0 Å². The van der Waals surface area contributed by atoms with Crippen molar-refractivity contribution in [2.75, 3.05) is 0 Å². The Balaban J connectivity index is 1.93. The number of fused-ring (bicyclic) bond motifs is 3. The minimum atomic E-state index is 0.195. The third kappa shape index (κ3) is 2.80. The summed E-state index contributed by atoms with van der Waals surface area (Å²) in [6.07, 6.45) is 2.14. The van der Waals surface area contributed by atoms with Crippen LogP contribution in [0.5, 0.6) is 0 Å². The molecule has 1 aliphatic carbocycles. The van der Waals surface area contributed by atoms with Gasteiger partial charge in [-0.3, -0.25) is 0 Å². The van der Waals surface area contributed by atoms with Crippen molar-refractivity contribution in [1.82, 2.24) is 0 Å². The van der Waals surface area contributed by atoms with Crippen LogP contribution in [0.2, 0.25) is 0 Å². The van der Waals surface area contributed by atoms with Gasteiger partial charge in [-0.25, -0.2) is 0 Å². The van der Waals surface area contributed by atoms with E-state index in [0.717, 1.165) is 12.8 Å². The van der Waals surface area contributed by atoms with Crippen molar-refractivity contribution in [3.8, 4) is 22.3 Å². The molecule has 0 saturated heterocycles. The normalized spacial score (nSPS) is 12.8. The van der Waals surface area contributed by atoms with Gasteiger partial charge in [0.05, 0.1) is 0 Å². The highest BCUT2D eigenvalue weighted by Crippen LogP contribution is 2.44. The van der Waals surface area contributed by atoms with Gasteiger partial charge in [-0.1, -0.05) is 88.4 Å². The zero-order valence-electron chi connectivity index (χ0n) is 15.7. The van der Waals surface area contributed by atoms with E-state index in [9.17, 15) is 0 Å². The summed E-state index contributed by atoms with van der Waals surface area (Å²) >= 11 is 0. The first-order valence-corrected chi connectivity index (χ1v) is 9.32. The molecule has 126 valence electrons. The average Bonchev–Trinajstić information content (AvgIpc) is 2.98. The van der Waals surface area contributed by atoms with E-state index in [1.807, 2.05) is 0 Å². The molecule has 0 radical (unpaired) electrons. The van der Waals surface area contributed by atoms with Crippen molar-refractivity contribution in [1.29, 1.82) is 0 Å². The van der Waals surface area contributed by atoms with E-state index in [-0.39, 0.29) is 5.41 Å². The molecule has 0 aromatic heterocycles. The average molecular weight is 326 g/mol. The third-order valence-electron chi connectivity index (χ3n) is 5.39. The molecule has 1 aliphatic rings. The maximum Gasteiger partial charge on any atom is -0.00130 e. The van der Waals surface area contributed by atoms with Crippen LogP contribution in [0.1, 0.15) is 49.9 Å². The zero-order chi connectivity index (χ0) is 17.6. The van der Waals surface area contributed by atoms with Gasteiger partial charge >= 0.3 is 0 Å². The lowest BCUT2D eigenvalue weighted by atomic mass is 9.85. The van der Waals surface area contributed by atoms with Crippen LogP contribution in [-0.4, -0.2) is 0 Å². The summed E-state index contributed by atoms with van der Waals surface area (Å²) in [5.74, 6) is 0. The molecule has 0 fully saturated rings. The molecule has 0 bridgehead atoms. The van der Waals surface area contributed by atoms with Crippen LogP contribution in [0.15, 0.2) is 60.7 Å². The summed E-state index contributed by atoms with van der Waals surface area (Å²) in [7, 11) is 0. The van der Waals surface area contributed by atoms with Crippen molar-refractivity contribution in [3.63, 3.8) is 0 Å². The molecule has 4 rings (SSSR count). The largest absolute Gasteiger partial charge is 0.0622 e. The monoisotopic (exact) mass is 326 g/mol. The standard InChI is InChI=1S/C25H26/c1-5-17-13-20-15-19-16-21(25(2,3)4)11-12-22(19)24(20)23(14-17)18-9-7-6-8-10-18/h6-14,16H,5,15H2,1-4H3. The molecule has 0 aliphatic heterocycles. The zero-order valence-corrected chi connectivity index (χ0v) is 15.7. The summed E-state index contributed by atoms with van der Waals surface area (Å²) in [5, 5.41) is 0. The molecule has 0 saturated carbocycles. The fraction of sp³-hybridized carbons (Fsp3) is 0.280. The summed E-state index contributed by atoms with van der Waals surface area (Å²) in [6, 6.07) is 22.7. The molecule has 0 spiro atoms. The van der Waals surface area contributed by atoms with Gasteiger partial charge in [0.25, 0.3) is 0 Å². The van der Waals surface area contributed by atoms with Gasteiger partial charge in [0.2, 0.25) is 0 Å². The van der Waals surface area contributed by atoms with E-state index in [2.05, 4.69) is 88.4 Å². The highest BCUT2D eigenvalue weighted by molar-refractivity contribution is 5.91. The van der Waals surface area contributed by atoms with Gasteiger partial charge in [0, 0.05) is 0 Å². The number of benzene rings is 3. The smallest absolute Gasteiger partial charge is 0.00130 e. The Labute approximate surface area is 151 Å². The fourth-order valence-corrected chi connectivity index (χ4v) is 3.93. The lowest BCUT2D eigenvalue weighted by Crippen LogP contribution is -2.11. The van der Waals surface area contributed by atoms with E-state index < -0.39 is 0 Å². The molecule has 0 unspecified atom stereocenters. The molecule has 0 heterocycles. The van der Waals surface area contributed by atoms with E-state index in [1.54, 1.807) is 0 Å². The summed E-state index contributed by atoms with van der Waals surface area (Å²) in [4.78, 5) is 0. The van der Waals surface area contributed by atoms with Gasteiger partial charge in [-0.15, -0.1) is 0 Å². The SMILES string of the molecule is CCc1cc2c(c(-c3ccccc3)c1)-c1ccc(C(C)(C)C)cc1C2. The molecule has 0 atom stereocenters. The first kappa shape index (κ1) is 16.1. The molecule has 0 N–H and O–H groups in total. The second-order valence-corrected chi connectivity index (χ2v) is 8.20. The van der Waals surface area contributed by atoms with E-state index >= 15 is 0 Å². The third-order valence-corrected chi connectivity index (χ3v) is 5.39. The Morgan fingerprint density at radius 2 is 1.56 bits per heavy atom. The molecular weight excluding hydrogens is 300 g/mol. The first-order valence-electron chi connectivity index (χ1n) is 9.32. The van der Waals surface area contributed by atoms with Crippen LogP contribution in [0.4, 0.5) is 0 Å². The maximum absolute atomic E-state index is 2.43. The van der Waals surface area contributed by atoms with Crippen molar-refractivity contribution < 1.29 is 0 Å². The Kier molecular flexibility index (Phi) is 3.80. The highest BCUT2D eigenvalue weighted by Gasteiger charge is 2.25. The fourth-order valence-electron chi connectivity index (χ4n) is 3.93. The molecule has 25 heavy (non-hydrogen) atoms. The molecular formula is C25H26. The molecule has 0 amide bonds. The van der Waals surface area contributed by atoms with Crippen LogP contribution in [-0.2, 0) is 18.3 Å². The first-order chi connectivity index (χ1) is 12.0. The number of hydrogen-bond acceptors (Lipinski definition) is 0. The second-order valence-electron chi connectivity index (χ2n) is 8.20. The quantitative estimate of drug-likeness (QED) is 0.380. The van der Waals surface area contributed by atoms with E-state index in [4.69, 9.17) is 0 Å². The van der Waals surface area contributed by atoms with E-state index in [0.29, 0.717) is 0 Å². The van der Waals surface area contributed by atoms with Crippen LogP contribution in [0.3, 0.4) is 0 Å². The maximum atomic E-state index is 2.43. The summed E-state index contributed by atoms with van der Waals surface area (Å²) in [6.45, 7) is 9.13. The van der Waals surface area contributed by atoms with Crippen molar-refractivity contribution >= 4 is 0 Å². The van der Waals surface area contributed by atoms with Gasteiger partial charge in [-0.05, 0) is 62.8 Å². The Morgan fingerprint density at radius 3 is 2.24 bits per heavy atom. The minimum absolute atomic E-state index is 0.195. The second kappa shape index (κ2) is 5.88.